The molecule has 0 amide bonds. The standard InChI is InChI=1S/C18H28/c1-13(2)12-17(18(5,6)7)16-10-8-15(9-11-16)14(3)4/h8-11,13,17H,3,12H2,1-2,4-7H3. The third-order valence-corrected chi connectivity index (χ3v) is 3.56. The van der Waals surface area contributed by atoms with Crippen LogP contribution in [0.1, 0.15) is 65.0 Å². The Morgan fingerprint density at radius 1 is 1.11 bits per heavy atom. The van der Waals surface area contributed by atoms with Crippen molar-refractivity contribution in [3.05, 3.63) is 42.0 Å². The summed E-state index contributed by atoms with van der Waals surface area (Å²) in [5, 5.41) is 0. The van der Waals surface area contributed by atoms with Gasteiger partial charge in [-0.05, 0) is 41.7 Å². The van der Waals surface area contributed by atoms with Crippen molar-refractivity contribution in [1.29, 1.82) is 0 Å². The molecule has 0 fully saturated rings. The first kappa shape index (κ1) is 15.0. The molecule has 0 aliphatic heterocycles. The number of hydrogen-bond acceptors (Lipinski definition) is 0. The summed E-state index contributed by atoms with van der Waals surface area (Å²) in [6.45, 7) is 17.7. The summed E-state index contributed by atoms with van der Waals surface area (Å²) in [7, 11) is 0. The van der Waals surface area contributed by atoms with Crippen LogP contribution in [0.25, 0.3) is 5.57 Å². The molecule has 1 rings (SSSR count). The Morgan fingerprint density at radius 3 is 1.94 bits per heavy atom. The second kappa shape index (κ2) is 5.73. The zero-order chi connectivity index (χ0) is 13.9. The van der Waals surface area contributed by atoms with E-state index in [1.54, 1.807) is 0 Å². The van der Waals surface area contributed by atoms with Gasteiger partial charge in [0.15, 0.2) is 0 Å². The largest absolute Gasteiger partial charge is 0.0955 e. The molecule has 0 heterocycles. The normalized spacial score (nSPS) is 13.7. The molecular formula is C18H28. The Morgan fingerprint density at radius 2 is 1.61 bits per heavy atom. The maximum atomic E-state index is 4.00. The molecule has 0 spiro atoms. The molecule has 18 heavy (non-hydrogen) atoms. The predicted octanol–water partition coefficient (Wildman–Crippen LogP) is 5.90. The number of rotatable bonds is 4. The highest BCUT2D eigenvalue weighted by Gasteiger charge is 2.26. The maximum absolute atomic E-state index is 4.00. The van der Waals surface area contributed by atoms with Crippen molar-refractivity contribution in [2.45, 2.75) is 53.9 Å². The summed E-state index contributed by atoms with van der Waals surface area (Å²) < 4.78 is 0. The van der Waals surface area contributed by atoms with Crippen molar-refractivity contribution in [1.82, 2.24) is 0 Å². The van der Waals surface area contributed by atoms with Crippen molar-refractivity contribution in [3.8, 4) is 0 Å². The summed E-state index contributed by atoms with van der Waals surface area (Å²) in [5.74, 6) is 1.35. The summed E-state index contributed by atoms with van der Waals surface area (Å²) in [6, 6.07) is 8.97. The van der Waals surface area contributed by atoms with E-state index in [2.05, 4.69) is 72.4 Å². The van der Waals surface area contributed by atoms with E-state index in [4.69, 9.17) is 0 Å². The second-order valence-electron chi connectivity index (χ2n) is 6.95. The third kappa shape index (κ3) is 4.01. The van der Waals surface area contributed by atoms with Crippen molar-refractivity contribution in [2.24, 2.45) is 11.3 Å². The van der Waals surface area contributed by atoms with Gasteiger partial charge in [-0.25, -0.2) is 0 Å². The van der Waals surface area contributed by atoms with Crippen LogP contribution in [-0.4, -0.2) is 0 Å². The molecule has 1 unspecified atom stereocenters. The Kier molecular flexibility index (Phi) is 4.78. The molecule has 0 aromatic heterocycles. The third-order valence-electron chi connectivity index (χ3n) is 3.56. The second-order valence-corrected chi connectivity index (χ2v) is 6.95. The molecule has 0 nitrogen and oxygen atoms in total. The van der Waals surface area contributed by atoms with Crippen LogP contribution in [0, 0.1) is 11.3 Å². The van der Waals surface area contributed by atoms with Gasteiger partial charge in [-0.1, -0.05) is 71.0 Å². The SMILES string of the molecule is C=C(C)c1ccc(C(CC(C)C)C(C)(C)C)cc1. The average molecular weight is 244 g/mol. The first-order valence-electron chi connectivity index (χ1n) is 6.97. The number of allylic oxidation sites excluding steroid dienone is 1. The van der Waals surface area contributed by atoms with Crippen LogP contribution in [0.15, 0.2) is 30.8 Å². The Labute approximate surface area is 113 Å². The van der Waals surface area contributed by atoms with E-state index in [0.717, 1.165) is 11.5 Å². The quantitative estimate of drug-likeness (QED) is 0.619. The average Bonchev–Trinajstić information content (AvgIpc) is 2.24. The molecule has 0 N–H and O–H groups in total. The summed E-state index contributed by atoms with van der Waals surface area (Å²) in [5.41, 5.74) is 4.16. The molecule has 1 atom stereocenters. The van der Waals surface area contributed by atoms with Crippen molar-refractivity contribution < 1.29 is 0 Å². The molecular weight excluding hydrogens is 216 g/mol. The lowest BCUT2D eigenvalue weighted by Crippen LogP contribution is -2.20. The number of benzene rings is 1. The van der Waals surface area contributed by atoms with Crippen LogP contribution in [-0.2, 0) is 0 Å². The minimum Gasteiger partial charge on any atom is -0.0955 e. The van der Waals surface area contributed by atoms with Crippen LogP contribution >= 0.6 is 0 Å². The van der Waals surface area contributed by atoms with Gasteiger partial charge in [0, 0.05) is 0 Å². The zero-order valence-electron chi connectivity index (χ0n) is 12.9. The molecule has 1 aromatic rings. The van der Waals surface area contributed by atoms with Crippen molar-refractivity contribution in [2.75, 3.05) is 0 Å². The molecule has 0 heteroatoms. The fourth-order valence-corrected chi connectivity index (χ4v) is 2.46. The van der Waals surface area contributed by atoms with E-state index in [1.165, 1.54) is 17.5 Å². The molecule has 0 saturated carbocycles. The Bertz CT molecular complexity index is 387. The van der Waals surface area contributed by atoms with Crippen LogP contribution in [0.4, 0.5) is 0 Å². The number of hydrogen-bond donors (Lipinski definition) is 0. The lowest BCUT2D eigenvalue weighted by Gasteiger charge is -2.32. The van der Waals surface area contributed by atoms with Gasteiger partial charge < -0.3 is 0 Å². The zero-order valence-corrected chi connectivity index (χ0v) is 12.9. The smallest absolute Gasteiger partial charge is 0.0111 e. The first-order valence-corrected chi connectivity index (χ1v) is 6.97. The first-order chi connectivity index (χ1) is 8.21. The lowest BCUT2D eigenvalue weighted by molar-refractivity contribution is 0.280. The van der Waals surface area contributed by atoms with Crippen LogP contribution < -0.4 is 0 Å². The summed E-state index contributed by atoms with van der Waals surface area (Å²) in [6.07, 6.45) is 1.25. The van der Waals surface area contributed by atoms with Gasteiger partial charge in [-0.3, -0.25) is 0 Å². The summed E-state index contributed by atoms with van der Waals surface area (Å²) in [4.78, 5) is 0. The maximum Gasteiger partial charge on any atom is -0.0111 e. The predicted molar refractivity (Wildman–Crippen MR) is 82.8 cm³/mol. The van der Waals surface area contributed by atoms with Gasteiger partial charge in [0.25, 0.3) is 0 Å². The van der Waals surface area contributed by atoms with Gasteiger partial charge in [-0.2, -0.15) is 0 Å². The van der Waals surface area contributed by atoms with E-state index >= 15 is 0 Å². The molecule has 0 saturated heterocycles. The van der Waals surface area contributed by atoms with Crippen LogP contribution in [0.2, 0.25) is 0 Å². The van der Waals surface area contributed by atoms with Crippen LogP contribution in [0.3, 0.4) is 0 Å². The lowest BCUT2D eigenvalue weighted by atomic mass is 9.72. The molecule has 0 aliphatic rings. The molecule has 0 aliphatic carbocycles. The van der Waals surface area contributed by atoms with E-state index in [0.29, 0.717) is 11.3 Å². The van der Waals surface area contributed by atoms with Gasteiger partial charge in [0.1, 0.15) is 0 Å². The van der Waals surface area contributed by atoms with Crippen molar-refractivity contribution in [3.63, 3.8) is 0 Å². The fraction of sp³-hybridized carbons (Fsp3) is 0.556. The highest BCUT2D eigenvalue weighted by Crippen LogP contribution is 2.39. The van der Waals surface area contributed by atoms with Gasteiger partial charge in [-0.15, -0.1) is 0 Å². The van der Waals surface area contributed by atoms with Crippen molar-refractivity contribution >= 4 is 5.57 Å². The molecule has 0 bridgehead atoms. The van der Waals surface area contributed by atoms with Gasteiger partial charge >= 0.3 is 0 Å². The topological polar surface area (TPSA) is 0 Å². The Balaban J connectivity index is 3.02. The molecule has 1 aromatic carbocycles. The van der Waals surface area contributed by atoms with E-state index in [-0.39, 0.29) is 0 Å². The highest BCUT2D eigenvalue weighted by atomic mass is 14.3. The Hall–Kier alpha value is -1.04. The van der Waals surface area contributed by atoms with Gasteiger partial charge in [0.2, 0.25) is 0 Å². The van der Waals surface area contributed by atoms with E-state index in [9.17, 15) is 0 Å². The molecule has 100 valence electrons. The monoisotopic (exact) mass is 244 g/mol. The van der Waals surface area contributed by atoms with E-state index in [1.807, 2.05) is 0 Å². The fourth-order valence-electron chi connectivity index (χ4n) is 2.46. The van der Waals surface area contributed by atoms with E-state index < -0.39 is 0 Å². The summed E-state index contributed by atoms with van der Waals surface area (Å²) >= 11 is 0. The molecule has 0 radical (unpaired) electrons. The minimum atomic E-state index is 0.314. The van der Waals surface area contributed by atoms with Gasteiger partial charge in [0.05, 0.1) is 0 Å². The highest BCUT2D eigenvalue weighted by molar-refractivity contribution is 5.61. The van der Waals surface area contributed by atoms with Crippen LogP contribution in [0.5, 0.6) is 0 Å². The minimum absolute atomic E-state index is 0.314.